The van der Waals surface area contributed by atoms with Crippen LogP contribution in [0.15, 0.2) is 41.2 Å². The number of aromatic nitrogens is 2. The summed E-state index contributed by atoms with van der Waals surface area (Å²) in [5, 5.41) is 2.68. The third kappa shape index (κ3) is 3.89. The molecule has 0 aliphatic carbocycles. The molecule has 3 aromatic rings. The molecule has 6 nitrogen and oxygen atoms in total. The second-order valence-electron chi connectivity index (χ2n) is 6.48. The van der Waals surface area contributed by atoms with Crippen molar-refractivity contribution in [1.82, 2.24) is 9.97 Å². The number of carbonyl (C=O) groups is 1. The van der Waals surface area contributed by atoms with Crippen LogP contribution in [0.1, 0.15) is 18.8 Å². The minimum absolute atomic E-state index is 0.115. The van der Waals surface area contributed by atoms with Crippen LogP contribution in [0.2, 0.25) is 0 Å². The zero-order valence-corrected chi connectivity index (χ0v) is 15.1. The number of aromatic amines is 1. The summed E-state index contributed by atoms with van der Waals surface area (Å²) in [6, 6.07) is 8.21. The van der Waals surface area contributed by atoms with Gasteiger partial charge in [-0.05, 0) is 31.2 Å². The van der Waals surface area contributed by atoms with Crippen LogP contribution in [-0.4, -0.2) is 29.5 Å². The van der Waals surface area contributed by atoms with Crippen molar-refractivity contribution in [3.8, 4) is 0 Å². The van der Waals surface area contributed by atoms with E-state index in [0.717, 1.165) is 12.1 Å². The van der Waals surface area contributed by atoms with E-state index in [1.165, 1.54) is 0 Å². The highest BCUT2D eigenvalue weighted by atomic mass is 19.2. The second-order valence-corrected chi connectivity index (χ2v) is 6.48. The molecule has 28 heavy (non-hydrogen) atoms. The maximum atomic E-state index is 13.7. The van der Waals surface area contributed by atoms with E-state index in [2.05, 4.69) is 15.3 Å². The molecule has 0 radical (unpaired) electrons. The standard InChI is InChI=1S/C19H17F3N4O2/c1-10(18-24-13-6-4-3-5-11(13)19(28)25-18)26(2)9-15(27)23-14-8-7-12(20)16(21)17(14)22/h3-8,10H,9H2,1-2H3,(H,23,27)(H,24,25,28)/p+1/t10-/m0/s1. The van der Waals surface area contributed by atoms with Crippen molar-refractivity contribution >= 4 is 22.5 Å². The lowest BCUT2D eigenvalue weighted by Gasteiger charge is -2.20. The van der Waals surface area contributed by atoms with E-state index in [4.69, 9.17) is 0 Å². The van der Waals surface area contributed by atoms with Gasteiger partial charge in [0.2, 0.25) is 0 Å². The molecule has 146 valence electrons. The topological polar surface area (TPSA) is 79.3 Å². The number of rotatable bonds is 5. The van der Waals surface area contributed by atoms with E-state index >= 15 is 0 Å². The molecule has 9 heteroatoms. The number of amides is 1. The Bertz CT molecular complexity index is 1100. The van der Waals surface area contributed by atoms with Crippen molar-refractivity contribution in [2.75, 3.05) is 18.9 Å². The Kier molecular flexibility index (Phi) is 5.46. The largest absolute Gasteiger partial charge is 0.321 e. The number of hydrogen-bond donors (Lipinski definition) is 3. The molecule has 0 bridgehead atoms. The predicted molar refractivity (Wildman–Crippen MR) is 97.5 cm³/mol. The number of halogens is 3. The maximum absolute atomic E-state index is 13.7. The zero-order chi connectivity index (χ0) is 20.4. The number of nitrogens with zero attached hydrogens (tertiary/aromatic N) is 1. The fraction of sp³-hybridized carbons (Fsp3) is 0.211. The number of para-hydroxylation sites is 1. The molecular weight excluding hydrogens is 373 g/mol. The van der Waals surface area contributed by atoms with Gasteiger partial charge in [0, 0.05) is 0 Å². The Hall–Kier alpha value is -3.20. The van der Waals surface area contributed by atoms with Crippen LogP contribution in [0.25, 0.3) is 10.9 Å². The van der Waals surface area contributed by atoms with Gasteiger partial charge in [-0.2, -0.15) is 0 Å². The molecule has 0 aliphatic rings. The molecular formula is C19H18F3N4O2+. The Labute approximate surface area is 158 Å². The first kappa shape index (κ1) is 19.6. The molecule has 2 aromatic carbocycles. The van der Waals surface area contributed by atoms with Crippen molar-refractivity contribution in [2.45, 2.75) is 13.0 Å². The number of anilines is 1. The minimum atomic E-state index is -1.65. The highest BCUT2D eigenvalue weighted by molar-refractivity contribution is 5.91. The summed E-state index contributed by atoms with van der Waals surface area (Å²) in [6.07, 6.45) is 0. The number of carbonyl (C=O) groups excluding carboxylic acids is 1. The average Bonchev–Trinajstić information content (AvgIpc) is 2.67. The molecule has 1 unspecified atom stereocenters. The lowest BCUT2D eigenvalue weighted by molar-refractivity contribution is -0.902. The van der Waals surface area contributed by atoms with E-state index in [1.54, 1.807) is 38.2 Å². The second kappa shape index (κ2) is 7.81. The van der Waals surface area contributed by atoms with Gasteiger partial charge in [0.15, 0.2) is 29.8 Å². The molecule has 1 aromatic heterocycles. The summed E-state index contributed by atoms with van der Waals surface area (Å²) in [5.41, 5.74) is -0.190. The quantitative estimate of drug-likeness (QED) is 0.578. The minimum Gasteiger partial charge on any atom is -0.321 e. The maximum Gasteiger partial charge on any atom is 0.279 e. The van der Waals surface area contributed by atoms with Crippen LogP contribution in [-0.2, 0) is 4.79 Å². The van der Waals surface area contributed by atoms with Crippen LogP contribution < -0.4 is 15.8 Å². The lowest BCUT2D eigenvalue weighted by atomic mass is 10.2. The Balaban J connectivity index is 1.74. The summed E-state index contributed by atoms with van der Waals surface area (Å²) < 4.78 is 39.9. The number of benzene rings is 2. The van der Waals surface area contributed by atoms with Crippen LogP contribution in [0.4, 0.5) is 18.9 Å². The third-order valence-corrected chi connectivity index (χ3v) is 4.53. The Morgan fingerprint density at radius 3 is 2.64 bits per heavy atom. The molecule has 0 fully saturated rings. The predicted octanol–water partition coefficient (Wildman–Crippen LogP) is 1.55. The molecule has 2 atom stereocenters. The van der Waals surface area contributed by atoms with Crippen molar-refractivity contribution in [2.24, 2.45) is 0 Å². The van der Waals surface area contributed by atoms with Gasteiger partial charge in [-0.25, -0.2) is 18.2 Å². The SMILES string of the molecule is C[C@@H](c1nc2ccccc2c(=O)[nH]1)[NH+](C)CC(=O)Nc1ccc(F)c(F)c1F. The van der Waals surface area contributed by atoms with Crippen LogP contribution in [0, 0.1) is 17.5 Å². The summed E-state index contributed by atoms with van der Waals surface area (Å²) in [4.78, 5) is 32.2. The van der Waals surface area contributed by atoms with Crippen molar-refractivity contribution in [3.05, 3.63) is 70.0 Å². The van der Waals surface area contributed by atoms with Crippen molar-refractivity contribution in [3.63, 3.8) is 0 Å². The van der Waals surface area contributed by atoms with E-state index in [-0.39, 0.29) is 18.1 Å². The monoisotopic (exact) mass is 391 g/mol. The highest BCUT2D eigenvalue weighted by Crippen LogP contribution is 2.19. The average molecular weight is 391 g/mol. The first-order valence-corrected chi connectivity index (χ1v) is 8.52. The van der Waals surface area contributed by atoms with Gasteiger partial charge < -0.3 is 15.2 Å². The highest BCUT2D eigenvalue weighted by Gasteiger charge is 2.23. The normalized spacial score (nSPS) is 13.3. The fourth-order valence-electron chi connectivity index (χ4n) is 2.77. The van der Waals surface area contributed by atoms with Gasteiger partial charge >= 0.3 is 0 Å². The van der Waals surface area contributed by atoms with Crippen molar-refractivity contribution < 1.29 is 22.9 Å². The van der Waals surface area contributed by atoms with E-state index in [0.29, 0.717) is 21.6 Å². The molecule has 0 saturated heterocycles. The van der Waals surface area contributed by atoms with Gasteiger partial charge in [0.25, 0.3) is 11.5 Å². The molecule has 0 spiro atoms. The Morgan fingerprint density at radius 1 is 1.18 bits per heavy atom. The molecule has 1 heterocycles. The molecule has 3 N–H and O–H groups in total. The van der Waals surface area contributed by atoms with Gasteiger partial charge in [-0.15, -0.1) is 0 Å². The first-order chi connectivity index (χ1) is 13.3. The molecule has 0 aliphatic heterocycles. The Morgan fingerprint density at radius 2 is 1.89 bits per heavy atom. The fourth-order valence-corrected chi connectivity index (χ4v) is 2.77. The number of H-pyrrole nitrogens is 1. The number of nitrogens with one attached hydrogen (secondary N) is 3. The summed E-state index contributed by atoms with van der Waals surface area (Å²) in [6.45, 7) is 1.66. The van der Waals surface area contributed by atoms with Gasteiger partial charge in [0.05, 0.1) is 23.6 Å². The molecule has 3 rings (SSSR count). The van der Waals surface area contributed by atoms with Crippen LogP contribution in [0.3, 0.4) is 0 Å². The van der Waals surface area contributed by atoms with Gasteiger partial charge in [0.1, 0.15) is 6.04 Å². The lowest BCUT2D eigenvalue weighted by Crippen LogP contribution is -3.10. The number of quaternary nitrogens is 1. The third-order valence-electron chi connectivity index (χ3n) is 4.53. The molecule has 1 amide bonds. The summed E-state index contributed by atoms with van der Waals surface area (Å²) in [7, 11) is 1.70. The van der Waals surface area contributed by atoms with Gasteiger partial charge in [-0.1, -0.05) is 12.1 Å². The summed E-state index contributed by atoms with van der Waals surface area (Å²) in [5.74, 6) is -4.65. The van der Waals surface area contributed by atoms with Crippen molar-refractivity contribution in [1.29, 1.82) is 0 Å². The van der Waals surface area contributed by atoms with Crippen LogP contribution in [0.5, 0.6) is 0 Å². The number of likely N-dealkylation sites (N-methyl/N-ethyl adjacent to an activating group) is 1. The smallest absolute Gasteiger partial charge is 0.279 e. The number of fused-ring (bicyclic) bond motifs is 1. The van der Waals surface area contributed by atoms with E-state index in [9.17, 15) is 22.8 Å². The zero-order valence-electron chi connectivity index (χ0n) is 15.1. The summed E-state index contributed by atoms with van der Waals surface area (Å²) >= 11 is 0. The van der Waals surface area contributed by atoms with Gasteiger partial charge in [-0.3, -0.25) is 9.59 Å². The van der Waals surface area contributed by atoms with Crippen LogP contribution >= 0.6 is 0 Å². The number of hydrogen-bond acceptors (Lipinski definition) is 3. The molecule has 0 saturated carbocycles. The van der Waals surface area contributed by atoms with E-state index < -0.39 is 29.0 Å². The van der Waals surface area contributed by atoms with E-state index in [1.807, 2.05) is 0 Å². The first-order valence-electron chi connectivity index (χ1n) is 8.52.